The SMILES string of the molecule is O=C(NCCN(C(=O)Nc1ccc([N+](=O)[O-])cc1)c1cccc(C(F)(F)F)c1)NCc1ccccc1. The molecule has 0 aliphatic heterocycles. The smallest absolute Gasteiger partial charge is 0.336 e. The number of nitro groups is 1. The van der Waals surface area contributed by atoms with Gasteiger partial charge in [-0.2, -0.15) is 13.2 Å². The maximum absolute atomic E-state index is 13.2. The van der Waals surface area contributed by atoms with Crippen molar-refractivity contribution in [3.8, 4) is 0 Å². The molecule has 0 fully saturated rings. The molecule has 0 saturated carbocycles. The number of alkyl halides is 3. The second-order valence-corrected chi connectivity index (χ2v) is 7.53. The Morgan fingerprint density at radius 1 is 0.917 bits per heavy atom. The molecule has 0 bridgehead atoms. The topological polar surface area (TPSA) is 117 Å². The molecule has 3 rings (SSSR count). The zero-order valence-electron chi connectivity index (χ0n) is 18.8. The fourth-order valence-electron chi connectivity index (χ4n) is 3.18. The van der Waals surface area contributed by atoms with Crippen molar-refractivity contribution in [3.63, 3.8) is 0 Å². The van der Waals surface area contributed by atoms with E-state index in [2.05, 4.69) is 16.0 Å². The summed E-state index contributed by atoms with van der Waals surface area (Å²) in [7, 11) is 0. The van der Waals surface area contributed by atoms with Crippen LogP contribution in [0.1, 0.15) is 11.1 Å². The van der Waals surface area contributed by atoms with Gasteiger partial charge < -0.3 is 16.0 Å². The number of carbonyl (C=O) groups excluding carboxylic acids is 2. The second-order valence-electron chi connectivity index (χ2n) is 7.53. The van der Waals surface area contributed by atoms with E-state index < -0.39 is 28.7 Å². The standard InChI is InChI=1S/C24H22F3N5O4/c25-24(26,27)18-7-4-8-21(15-18)31(23(34)30-19-9-11-20(12-10-19)32(35)36)14-13-28-22(33)29-16-17-5-2-1-3-6-17/h1-12,15H,13-14,16H2,(H,30,34)(H2,28,29,33). The van der Waals surface area contributed by atoms with Crippen molar-refractivity contribution in [3.05, 3.63) is 100 Å². The molecule has 3 aromatic carbocycles. The number of halogens is 3. The van der Waals surface area contributed by atoms with E-state index in [1.54, 1.807) is 0 Å². The number of carbonyl (C=O) groups is 2. The van der Waals surface area contributed by atoms with Crippen LogP contribution in [0.2, 0.25) is 0 Å². The molecular formula is C24H22F3N5O4. The largest absolute Gasteiger partial charge is 0.416 e. The Morgan fingerprint density at radius 3 is 2.25 bits per heavy atom. The van der Waals surface area contributed by atoms with Gasteiger partial charge >= 0.3 is 18.2 Å². The van der Waals surface area contributed by atoms with Gasteiger partial charge in [-0.1, -0.05) is 36.4 Å². The van der Waals surface area contributed by atoms with Crippen molar-refractivity contribution in [2.75, 3.05) is 23.3 Å². The number of hydrogen-bond donors (Lipinski definition) is 3. The minimum atomic E-state index is -4.62. The molecular weight excluding hydrogens is 479 g/mol. The van der Waals surface area contributed by atoms with E-state index in [4.69, 9.17) is 0 Å². The van der Waals surface area contributed by atoms with Crippen LogP contribution in [0.4, 0.5) is 39.8 Å². The Labute approximate surface area is 204 Å². The molecule has 12 heteroatoms. The fourth-order valence-corrected chi connectivity index (χ4v) is 3.18. The first-order valence-corrected chi connectivity index (χ1v) is 10.7. The average Bonchev–Trinajstić information content (AvgIpc) is 2.86. The van der Waals surface area contributed by atoms with E-state index in [9.17, 15) is 32.9 Å². The third-order valence-electron chi connectivity index (χ3n) is 4.98. The van der Waals surface area contributed by atoms with Crippen molar-refractivity contribution in [2.45, 2.75) is 12.7 Å². The number of nitrogens with one attached hydrogen (secondary N) is 3. The molecule has 0 aliphatic rings. The Hall–Kier alpha value is -4.61. The van der Waals surface area contributed by atoms with Crippen molar-refractivity contribution >= 4 is 29.1 Å². The molecule has 36 heavy (non-hydrogen) atoms. The molecule has 0 aliphatic carbocycles. The lowest BCUT2D eigenvalue weighted by Crippen LogP contribution is -2.43. The van der Waals surface area contributed by atoms with Crippen LogP contribution < -0.4 is 20.9 Å². The number of anilines is 2. The Kier molecular flexibility index (Phi) is 8.44. The van der Waals surface area contributed by atoms with E-state index in [1.165, 1.54) is 36.4 Å². The monoisotopic (exact) mass is 501 g/mol. The van der Waals surface area contributed by atoms with E-state index in [0.29, 0.717) is 0 Å². The predicted molar refractivity (Wildman–Crippen MR) is 128 cm³/mol. The Bertz CT molecular complexity index is 1200. The van der Waals surface area contributed by atoms with Gasteiger partial charge in [-0.15, -0.1) is 0 Å². The van der Waals surface area contributed by atoms with Crippen LogP contribution in [0.3, 0.4) is 0 Å². The maximum atomic E-state index is 13.2. The van der Waals surface area contributed by atoms with E-state index in [1.807, 2.05) is 30.3 Å². The number of rotatable bonds is 8. The van der Waals surface area contributed by atoms with Gasteiger partial charge in [0.25, 0.3) is 5.69 Å². The molecule has 188 valence electrons. The van der Waals surface area contributed by atoms with Gasteiger partial charge in [0.05, 0.1) is 10.5 Å². The predicted octanol–water partition coefficient (Wildman–Crippen LogP) is 5.15. The van der Waals surface area contributed by atoms with Crippen LogP contribution >= 0.6 is 0 Å². The van der Waals surface area contributed by atoms with Crippen molar-refractivity contribution < 1.29 is 27.7 Å². The Balaban J connectivity index is 1.69. The minimum Gasteiger partial charge on any atom is -0.336 e. The lowest BCUT2D eigenvalue weighted by Gasteiger charge is -2.24. The first kappa shape index (κ1) is 26.0. The number of hydrogen-bond acceptors (Lipinski definition) is 4. The molecule has 3 N–H and O–H groups in total. The van der Waals surface area contributed by atoms with Crippen molar-refractivity contribution in [1.29, 1.82) is 0 Å². The van der Waals surface area contributed by atoms with Gasteiger partial charge in [0, 0.05) is 43.1 Å². The fraction of sp³-hybridized carbons (Fsp3) is 0.167. The van der Waals surface area contributed by atoms with Crippen molar-refractivity contribution in [1.82, 2.24) is 10.6 Å². The van der Waals surface area contributed by atoms with Crippen LogP contribution in [-0.2, 0) is 12.7 Å². The first-order chi connectivity index (χ1) is 17.1. The second kappa shape index (κ2) is 11.7. The zero-order valence-corrected chi connectivity index (χ0v) is 18.8. The van der Waals surface area contributed by atoms with Gasteiger partial charge in [-0.25, -0.2) is 9.59 Å². The van der Waals surface area contributed by atoms with Crippen molar-refractivity contribution in [2.24, 2.45) is 0 Å². The molecule has 0 radical (unpaired) electrons. The van der Waals surface area contributed by atoms with E-state index in [0.717, 1.165) is 22.6 Å². The summed E-state index contributed by atoms with van der Waals surface area (Å²) in [5.74, 6) is 0. The molecule has 9 nitrogen and oxygen atoms in total. The van der Waals surface area contributed by atoms with E-state index >= 15 is 0 Å². The van der Waals surface area contributed by atoms with E-state index in [-0.39, 0.29) is 36.7 Å². The summed E-state index contributed by atoms with van der Waals surface area (Å²) in [5, 5.41) is 18.5. The van der Waals surface area contributed by atoms with Gasteiger partial charge in [-0.05, 0) is 35.9 Å². The summed E-state index contributed by atoms with van der Waals surface area (Å²) in [4.78, 5) is 36.3. The average molecular weight is 501 g/mol. The molecule has 0 heterocycles. The highest BCUT2D eigenvalue weighted by Crippen LogP contribution is 2.31. The zero-order chi connectivity index (χ0) is 26.1. The number of benzene rings is 3. The first-order valence-electron chi connectivity index (χ1n) is 10.7. The summed E-state index contributed by atoms with van der Waals surface area (Å²) in [6.07, 6.45) is -4.62. The summed E-state index contributed by atoms with van der Waals surface area (Å²) < 4.78 is 39.7. The molecule has 0 saturated heterocycles. The summed E-state index contributed by atoms with van der Waals surface area (Å²) >= 11 is 0. The summed E-state index contributed by atoms with van der Waals surface area (Å²) in [5.41, 5.74) is -0.0947. The number of amides is 4. The maximum Gasteiger partial charge on any atom is 0.416 e. The highest BCUT2D eigenvalue weighted by Gasteiger charge is 2.31. The molecule has 0 unspecified atom stereocenters. The number of nitro benzene ring substituents is 1. The summed E-state index contributed by atoms with van der Waals surface area (Å²) in [6.45, 7) is 0.0497. The lowest BCUT2D eigenvalue weighted by molar-refractivity contribution is -0.384. The molecule has 0 spiro atoms. The lowest BCUT2D eigenvalue weighted by atomic mass is 10.2. The minimum absolute atomic E-state index is 0.0456. The number of urea groups is 2. The highest BCUT2D eigenvalue weighted by atomic mass is 19.4. The van der Waals surface area contributed by atoms with Crippen LogP contribution in [0.5, 0.6) is 0 Å². The molecule has 3 aromatic rings. The normalized spacial score (nSPS) is 10.9. The van der Waals surface area contributed by atoms with Gasteiger partial charge in [-0.3, -0.25) is 15.0 Å². The van der Waals surface area contributed by atoms with Crippen LogP contribution in [0.15, 0.2) is 78.9 Å². The molecule has 0 aromatic heterocycles. The third kappa shape index (κ3) is 7.45. The molecule has 4 amide bonds. The van der Waals surface area contributed by atoms with Crippen LogP contribution in [0.25, 0.3) is 0 Å². The quantitative estimate of drug-likeness (QED) is 0.292. The number of nitrogens with zero attached hydrogens (tertiary/aromatic N) is 2. The number of non-ortho nitro benzene ring substituents is 1. The third-order valence-corrected chi connectivity index (χ3v) is 4.98. The van der Waals surface area contributed by atoms with Crippen LogP contribution in [-0.4, -0.2) is 30.1 Å². The highest BCUT2D eigenvalue weighted by molar-refractivity contribution is 6.01. The van der Waals surface area contributed by atoms with Gasteiger partial charge in [0.1, 0.15) is 0 Å². The summed E-state index contributed by atoms with van der Waals surface area (Å²) in [6, 6.07) is 17.0. The van der Waals surface area contributed by atoms with Gasteiger partial charge in [0.2, 0.25) is 0 Å². The Morgan fingerprint density at radius 2 is 1.61 bits per heavy atom. The van der Waals surface area contributed by atoms with Gasteiger partial charge in [0.15, 0.2) is 0 Å². The van der Waals surface area contributed by atoms with Crippen LogP contribution in [0, 0.1) is 10.1 Å². The molecule has 0 atom stereocenters.